The zero-order chi connectivity index (χ0) is 14.2. The van der Waals surface area contributed by atoms with Crippen LogP contribution in [0, 0.1) is 13.8 Å². The Balaban J connectivity index is 2.39. The zero-order valence-electron chi connectivity index (χ0n) is 11.0. The van der Waals surface area contributed by atoms with E-state index < -0.39 is 10.0 Å². The van der Waals surface area contributed by atoms with Crippen LogP contribution in [0.2, 0.25) is 0 Å². The molecule has 0 aliphatic heterocycles. The summed E-state index contributed by atoms with van der Waals surface area (Å²) in [5.41, 5.74) is 7.98. The van der Waals surface area contributed by atoms with E-state index in [-0.39, 0.29) is 4.90 Å². The van der Waals surface area contributed by atoms with Gasteiger partial charge in [-0.25, -0.2) is 8.42 Å². The van der Waals surface area contributed by atoms with Crippen molar-refractivity contribution in [2.24, 2.45) is 7.05 Å². The summed E-state index contributed by atoms with van der Waals surface area (Å²) in [5, 5.41) is 4.17. The molecule has 0 fully saturated rings. The molecule has 0 amide bonds. The zero-order valence-corrected chi connectivity index (χ0v) is 11.8. The molecule has 1 aromatic carbocycles. The molecule has 1 heterocycles. The molecule has 0 atom stereocenters. The molecule has 0 aliphatic rings. The summed E-state index contributed by atoms with van der Waals surface area (Å²) in [5.74, 6) is 0. The lowest BCUT2D eigenvalue weighted by atomic mass is 10.3. The number of aryl methyl sites for hydroxylation is 2. The van der Waals surface area contributed by atoms with Crippen molar-refractivity contribution in [2.45, 2.75) is 18.7 Å². The average Bonchev–Trinajstić information content (AvgIpc) is 2.56. The van der Waals surface area contributed by atoms with Crippen molar-refractivity contribution in [3.8, 4) is 0 Å². The van der Waals surface area contributed by atoms with E-state index in [1.165, 1.54) is 12.1 Å². The number of hydrogen-bond acceptors (Lipinski definition) is 4. The van der Waals surface area contributed by atoms with Gasteiger partial charge in [-0.15, -0.1) is 0 Å². The monoisotopic (exact) mass is 280 g/mol. The molecule has 0 aliphatic carbocycles. The molecular weight excluding hydrogens is 264 g/mol. The fourth-order valence-electron chi connectivity index (χ4n) is 1.76. The van der Waals surface area contributed by atoms with Crippen molar-refractivity contribution in [3.05, 3.63) is 35.7 Å². The van der Waals surface area contributed by atoms with E-state index in [4.69, 9.17) is 5.73 Å². The van der Waals surface area contributed by atoms with Crippen LogP contribution < -0.4 is 10.5 Å². The molecule has 3 N–H and O–H groups in total. The van der Waals surface area contributed by atoms with Crippen LogP contribution in [0.15, 0.2) is 29.2 Å². The highest BCUT2D eigenvalue weighted by atomic mass is 32.2. The highest BCUT2D eigenvalue weighted by molar-refractivity contribution is 7.92. The number of hydrogen-bond donors (Lipinski definition) is 2. The van der Waals surface area contributed by atoms with Gasteiger partial charge >= 0.3 is 0 Å². The van der Waals surface area contributed by atoms with Crippen LogP contribution in [0.4, 0.5) is 11.4 Å². The third kappa shape index (κ3) is 2.55. The van der Waals surface area contributed by atoms with Gasteiger partial charge in [0.25, 0.3) is 10.0 Å². The van der Waals surface area contributed by atoms with Crippen molar-refractivity contribution in [2.75, 3.05) is 10.5 Å². The van der Waals surface area contributed by atoms with Gasteiger partial charge in [0.2, 0.25) is 0 Å². The smallest absolute Gasteiger partial charge is 0.262 e. The number of aromatic nitrogens is 2. The van der Waals surface area contributed by atoms with E-state index in [1.807, 2.05) is 0 Å². The molecule has 0 saturated heterocycles. The van der Waals surface area contributed by atoms with Gasteiger partial charge in [-0.2, -0.15) is 5.10 Å². The minimum atomic E-state index is -3.62. The van der Waals surface area contributed by atoms with Gasteiger partial charge in [-0.3, -0.25) is 9.40 Å². The van der Waals surface area contributed by atoms with E-state index in [9.17, 15) is 8.42 Å². The first-order valence-corrected chi connectivity index (χ1v) is 7.18. The Morgan fingerprint density at radius 3 is 2.26 bits per heavy atom. The quantitative estimate of drug-likeness (QED) is 0.832. The Hall–Kier alpha value is -2.02. The summed E-state index contributed by atoms with van der Waals surface area (Å²) in [6.07, 6.45) is 0. The molecule has 0 radical (unpaired) electrons. The molecule has 0 saturated carbocycles. The van der Waals surface area contributed by atoms with Gasteiger partial charge < -0.3 is 5.73 Å². The Morgan fingerprint density at radius 2 is 1.79 bits per heavy atom. The van der Waals surface area contributed by atoms with Crippen LogP contribution in [-0.4, -0.2) is 18.2 Å². The van der Waals surface area contributed by atoms with Gasteiger partial charge in [0.15, 0.2) is 0 Å². The standard InChI is InChI=1S/C12H16N4O2S/c1-8-12(9(2)16(3)14-8)15-19(17,18)11-6-4-10(13)5-7-11/h4-7,15H,13H2,1-3H3. The van der Waals surface area contributed by atoms with Gasteiger partial charge in [0, 0.05) is 12.7 Å². The molecule has 2 aromatic rings. The molecule has 6 nitrogen and oxygen atoms in total. The number of nitrogens with two attached hydrogens (primary N) is 1. The first-order chi connectivity index (χ1) is 8.81. The predicted molar refractivity (Wildman–Crippen MR) is 74.3 cm³/mol. The van der Waals surface area contributed by atoms with Gasteiger partial charge in [0.05, 0.1) is 22.0 Å². The maximum absolute atomic E-state index is 12.2. The van der Waals surface area contributed by atoms with Crippen LogP contribution in [0.5, 0.6) is 0 Å². The number of nitrogens with one attached hydrogen (secondary N) is 1. The number of benzene rings is 1. The van der Waals surface area contributed by atoms with Crippen LogP contribution in [0.3, 0.4) is 0 Å². The Labute approximate surface area is 112 Å². The highest BCUT2D eigenvalue weighted by Gasteiger charge is 2.18. The third-order valence-electron chi connectivity index (χ3n) is 2.94. The number of sulfonamides is 1. The second kappa shape index (κ2) is 4.58. The molecular formula is C12H16N4O2S. The van der Waals surface area contributed by atoms with Crippen LogP contribution in [0.1, 0.15) is 11.4 Å². The number of anilines is 2. The van der Waals surface area contributed by atoms with Crippen LogP contribution in [-0.2, 0) is 17.1 Å². The summed E-state index contributed by atoms with van der Waals surface area (Å²) in [7, 11) is -1.85. The van der Waals surface area contributed by atoms with E-state index >= 15 is 0 Å². The Morgan fingerprint density at radius 1 is 1.21 bits per heavy atom. The summed E-state index contributed by atoms with van der Waals surface area (Å²) in [4.78, 5) is 0.171. The second-order valence-corrected chi connectivity index (χ2v) is 6.03. The molecule has 102 valence electrons. The SMILES string of the molecule is Cc1nn(C)c(C)c1NS(=O)(=O)c1ccc(N)cc1. The van der Waals surface area contributed by atoms with Crippen molar-refractivity contribution in [1.82, 2.24) is 9.78 Å². The molecule has 0 spiro atoms. The largest absolute Gasteiger partial charge is 0.399 e. The fourth-order valence-corrected chi connectivity index (χ4v) is 2.94. The molecule has 7 heteroatoms. The lowest BCUT2D eigenvalue weighted by molar-refractivity contribution is 0.601. The number of nitrogen functional groups attached to an aromatic ring is 1. The average molecular weight is 280 g/mol. The molecule has 0 bridgehead atoms. The summed E-state index contributed by atoms with van der Waals surface area (Å²) < 4.78 is 28.7. The van der Waals surface area contributed by atoms with Gasteiger partial charge in [0.1, 0.15) is 0 Å². The number of rotatable bonds is 3. The molecule has 2 rings (SSSR count). The normalized spacial score (nSPS) is 11.5. The highest BCUT2D eigenvalue weighted by Crippen LogP contribution is 2.22. The topological polar surface area (TPSA) is 90.0 Å². The van der Waals surface area contributed by atoms with Crippen molar-refractivity contribution in [3.63, 3.8) is 0 Å². The maximum Gasteiger partial charge on any atom is 0.262 e. The van der Waals surface area contributed by atoms with Gasteiger partial charge in [-0.1, -0.05) is 0 Å². The van der Waals surface area contributed by atoms with Crippen molar-refractivity contribution < 1.29 is 8.42 Å². The van der Waals surface area contributed by atoms with E-state index in [2.05, 4.69) is 9.82 Å². The molecule has 19 heavy (non-hydrogen) atoms. The fraction of sp³-hybridized carbons (Fsp3) is 0.250. The third-order valence-corrected chi connectivity index (χ3v) is 4.30. The van der Waals surface area contributed by atoms with Crippen molar-refractivity contribution >= 4 is 21.4 Å². The van der Waals surface area contributed by atoms with Crippen molar-refractivity contribution in [1.29, 1.82) is 0 Å². The van der Waals surface area contributed by atoms with E-state index in [1.54, 1.807) is 37.7 Å². The minimum absolute atomic E-state index is 0.171. The summed E-state index contributed by atoms with van der Waals surface area (Å²) >= 11 is 0. The lowest BCUT2D eigenvalue weighted by Gasteiger charge is -2.08. The lowest BCUT2D eigenvalue weighted by Crippen LogP contribution is -2.14. The summed E-state index contributed by atoms with van der Waals surface area (Å²) in [6, 6.07) is 6.05. The molecule has 0 unspecified atom stereocenters. The first kappa shape index (κ1) is 13.4. The Kier molecular flexibility index (Phi) is 3.23. The summed E-state index contributed by atoms with van der Waals surface area (Å²) in [6.45, 7) is 3.56. The minimum Gasteiger partial charge on any atom is -0.399 e. The maximum atomic E-state index is 12.2. The van der Waals surface area contributed by atoms with Gasteiger partial charge in [-0.05, 0) is 38.1 Å². The molecule has 1 aromatic heterocycles. The van der Waals surface area contributed by atoms with E-state index in [0.717, 1.165) is 5.69 Å². The van der Waals surface area contributed by atoms with Crippen LogP contribution in [0.25, 0.3) is 0 Å². The number of nitrogens with zero attached hydrogens (tertiary/aromatic N) is 2. The second-order valence-electron chi connectivity index (χ2n) is 4.34. The van der Waals surface area contributed by atoms with Crippen LogP contribution >= 0.6 is 0 Å². The Bertz CT molecular complexity index is 702. The predicted octanol–water partition coefficient (Wildman–Crippen LogP) is 1.42. The first-order valence-electron chi connectivity index (χ1n) is 5.70. The van der Waals surface area contributed by atoms with E-state index in [0.29, 0.717) is 17.1 Å².